The van der Waals surface area contributed by atoms with Gasteiger partial charge in [0.1, 0.15) is 6.61 Å². The summed E-state index contributed by atoms with van der Waals surface area (Å²) >= 11 is 0. The Bertz CT molecular complexity index is 444. The third kappa shape index (κ3) is 7.67. The average molecular weight is 306 g/mol. The van der Waals surface area contributed by atoms with E-state index in [9.17, 15) is 9.59 Å². The molecule has 0 unspecified atom stereocenters. The Labute approximate surface area is 132 Å². The van der Waals surface area contributed by atoms with Crippen molar-refractivity contribution in [1.82, 2.24) is 10.6 Å². The van der Waals surface area contributed by atoms with Gasteiger partial charge in [0.05, 0.1) is 0 Å². The first-order valence-electron chi connectivity index (χ1n) is 7.89. The van der Waals surface area contributed by atoms with Gasteiger partial charge in [0.2, 0.25) is 5.91 Å². The minimum Gasteiger partial charge on any atom is -0.445 e. The van der Waals surface area contributed by atoms with Gasteiger partial charge in [-0.2, -0.15) is 0 Å². The van der Waals surface area contributed by atoms with Crippen LogP contribution in [-0.2, 0) is 16.1 Å². The summed E-state index contributed by atoms with van der Waals surface area (Å²) < 4.78 is 5.08. The van der Waals surface area contributed by atoms with E-state index in [0.29, 0.717) is 19.4 Å². The number of hydrogen-bond donors (Lipinski definition) is 2. The van der Waals surface area contributed by atoms with Crippen molar-refractivity contribution >= 4 is 12.0 Å². The zero-order chi connectivity index (χ0) is 16.2. The van der Waals surface area contributed by atoms with E-state index < -0.39 is 6.09 Å². The van der Waals surface area contributed by atoms with Crippen molar-refractivity contribution < 1.29 is 14.3 Å². The Kier molecular flexibility index (Phi) is 8.72. The highest BCUT2D eigenvalue weighted by molar-refractivity contribution is 5.76. The van der Waals surface area contributed by atoms with Crippen molar-refractivity contribution in [3.63, 3.8) is 0 Å². The molecule has 0 fully saturated rings. The van der Waals surface area contributed by atoms with Gasteiger partial charge in [-0.05, 0) is 24.8 Å². The fourth-order valence-electron chi connectivity index (χ4n) is 2.01. The van der Waals surface area contributed by atoms with E-state index >= 15 is 0 Å². The van der Waals surface area contributed by atoms with Crippen molar-refractivity contribution in [1.29, 1.82) is 0 Å². The van der Waals surface area contributed by atoms with E-state index in [1.807, 2.05) is 30.3 Å². The number of alkyl carbamates (subject to hydrolysis) is 1. The monoisotopic (exact) mass is 306 g/mol. The topological polar surface area (TPSA) is 67.4 Å². The fraction of sp³-hybridized carbons (Fsp3) is 0.529. The SMILES string of the molecule is CCC(CC)NC(=O)CCCNC(=O)OCc1ccccc1. The number of carbonyl (C=O) groups is 2. The lowest BCUT2D eigenvalue weighted by atomic mass is 10.1. The second-order valence-corrected chi connectivity index (χ2v) is 5.17. The molecule has 0 aliphatic carbocycles. The molecule has 5 nitrogen and oxygen atoms in total. The summed E-state index contributed by atoms with van der Waals surface area (Å²) in [5.74, 6) is 0.0353. The predicted molar refractivity (Wildman–Crippen MR) is 86.4 cm³/mol. The van der Waals surface area contributed by atoms with E-state index in [0.717, 1.165) is 18.4 Å². The van der Waals surface area contributed by atoms with Crippen LogP contribution in [0.4, 0.5) is 4.79 Å². The predicted octanol–water partition coefficient (Wildman–Crippen LogP) is 3.00. The highest BCUT2D eigenvalue weighted by Crippen LogP contribution is 2.01. The molecular weight excluding hydrogens is 280 g/mol. The maximum Gasteiger partial charge on any atom is 0.407 e. The molecule has 1 aromatic rings. The Balaban J connectivity index is 2.08. The van der Waals surface area contributed by atoms with Gasteiger partial charge in [0.15, 0.2) is 0 Å². The van der Waals surface area contributed by atoms with Crippen LogP contribution in [0.5, 0.6) is 0 Å². The van der Waals surface area contributed by atoms with E-state index in [2.05, 4.69) is 24.5 Å². The third-order valence-electron chi connectivity index (χ3n) is 3.41. The highest BCUT2D eigenvalue weighted by Gasteiger charge is 2.08. The molecule has 0 radical (unpaired) electrons. The second-order valence-electron chi connectivity index (χ2n) is 5.17. The zero-order valence-electron chi connectivity index (χ0n) is 13.4. The number of carbonyl (C=O) groups excluding carboxylic acids is 2. The lowest BCUT2D eigenvalue weighted by molar-refractivity contribution is -0.121. The maximum absolute atomic E-state index is 11.7. The lowest BCUT2D eigenvalue weighted by Gasteiger charge is -2.14. The quantitative estimate of drug-likeness (QED) is 0.689. The van der Waals surface area contributed by atoms with Crippen LogP contribution in [0.15, 0.2) is 30.3 Å². The minimum absolute atomic E-state index is 0.0353. The Morgan fingerprint density at radius 2 is 1.82 bits per heavy atom. The van der Waals surface area contributed by atoms with Gasteiger partial charge >= 0.3 is 6.09 Å². The van der Waals surface area contributed by atoms with Crippen molar-refractivity contribution in [3.05, 3.63) is 35.9 Å². The van der Waals surface area contributed by atoms with Crippen LogP contribution >= 0.6 is 0 Å². The molecular formula is C17H26N2O3. The molecule has 0 bridgehead atoms. The van der Waals surface area contributed by atoms with Gasteiger partial charge in [0.25, 0.3) is 0 Å². The first-order chi connectivity index (χ1) is 10.7. The fourth-order valence-corrected chi connectivity index (χ4v) is 2.01. The van der Waals surface area contributed by atoms with E-state index in [-0.39, 0.29) is 18.6 Å². The van der Waals surface area contributed by atoms with Crippen LogP contribution in [0.1, 0.15) is 45.1 Å². The van der Waals surface area contributed by atoms with E-state index in [4.69, 9.17) is 4.74 Å². The molecule has 0 aromatic heterocycles. The first kappa shape index (κ1) is 18.0. The van der Waals surface area contributed by atoms with Gasteiger partial charge in [-0.3, -0.25) is 4.79 Å². The molecule has 0 saturated heterocycles. The smallest absolute Gasteiger partial charge is 0.407 e. The maximum atomic E-state index is 11.7. The van der Waals surface area contributed by atoms with Gasteiger partial charge < -0.3 is 15.4 Å². The van der Waals surface area contributed by atoms with Crippen LogP contribution in [0.25, 0.3) is 0 Å². The molecule has 0 aliphatic heterocycles. The molecule has 0 saturated carbocycles. The van der Waals surface area contributed by atoms with Crippen molar-refractivity contribution in [2.45, 2.75) is 52.2 Å². The third-order valence-corrected chi connectivity index (χ3v) is 3.41. The van der Waals surface area contributed by atoms with Crippen molar-refractivity contribution in [2.24, 2.45) is 0 Å². The summed E-state index contributed by atoms with van der Waals surface area (Å²) in [4.78, 5) is 23.2. The highest BCUT2D eigenvalue weighted by atomic mass is 16.5. The van der Waals surface area contributed by atoms with E-state index in [1.54, 1.807) is 0 Å². The van der Waals surface area contributed by atoms with E-state index in [1.165, 1.54) is 0 Å². The Morgan fingerprint density at radius 1 is 1.14 bits per heavy atom. The average Bonchev–Trinajstić information content (AvgIpc) is 2.55. The molecule has 0 heterocycles. The molecule has 0 spiro atoms. The number of rotatable bonds is 9. The van der Waals surface area contributed by atoms with Crippen LogP contribution in [-0.4, -0.2) is 24.6 Å². The van der Waals surface area contributed by atoms with Crippen LogP contribution < -0.4 is 10.6 Å². The summed E-state index contributed by atoms with van der Waals surface area (Å²) in [5.41, 5.74) is 0.946. The van der Waals surface area contributed by atoms with Crippen molar-refractivity contribution in [3.8, 4) is 0 Å². The van der Waals surface area contributed by atoms with Crippen molar-refractivity contribution in [2.75, 3.05) is 6.54 Å². The van der Waals surface area contributed by atoms with Crippen LogP contribution in [0.2, 0.25) is 0 Å². The summed E-state index contributed by atoms with van der Waals surface area (Å²) in [5, 5.41) is 5.62. The molecule has 2 amide bonds. The molecule has 0 atom stereocenters. The molecule has 0 aliphatic rings. The number of benzene rings is 1. The lowest BCUT2D eigenvalue weighted by Crippen LogP contribution is -2.34. The first-order valence-corrected chi connectivity index (χ1v) is 7.89. The molecule has 5 heteroatoms. The van der Waals surface area contributed by atoms with Crippen LogP contribution in [0, 0.1) is 0 Å². The number of hydrogen-bond acceptors (Lipinski definition) is 3. The number of ether oxygens (including phenoxy) is 1. The minimum atomic E-state index is -0.454. The Hall–Kier alpha value is -2.04. The van der Waals surface area contributed by atoms with Gasteiger partial charge in [-0.1, -0.05) is 44.2 Å². The molecule has 1 aromatic carbocycles. The standard InChI is InChI=1S/C17H26N2O3/c1-3-15(4-2)19-16(20)11-8-12-18-17(21)22-13-14-9-6-5-7-10-14/h5-7,9-10,15H,3-4,8,11-13H2,1-2H3,(H,18,21)(H,19,20). The van der Waals surface area contributed by atoms with Crippen LogP contribution in [0.3, 0.4) is 0 Å². The Morgan fingerprint density at radius 3 is 2.45 bits per heavy atom. The van der Waals surface area contributed by atoms with Gasteiger partial charge in [-0.15, -0.1) is 0 Å². The number of amides is 2. The second kappa shape index (κ2) is 10.7. The zero-order valence-corrected chi connectivity index (χ0v) is 13.4. The molecule has 2 N–H and O–H groups in total. The normalized spacial score (nSPS) is 10.3. The summed E-state index contributed by atoms with van der Waals surface area (Å²) in [6, 6.07) is 9.75. The molecule has 122 valence electrons. The largest absolute Gasteiger partial charge is 0.445 e. The molecule has 1 rings (SSSR count). The van der Waals surface area contributed by atoms with Gasteiger partial charge in [-0.25, -0.2) is 4.79 Å². The molecule has 22 heavy (non-hydrogen) atoms. The summed E-state index contributed by atoms with van der Waals surface area (Å²) in [6.07, 6.45) is 2.43. The van der Waals surface area contributed by atoms with Gasteiger partial charge in [0, 0.05) is 19.0 Å². The number of nitrogens with one attached hydrogen (secondary N) is 2. The summed E-state index contributed by atoms with van der Waals surface area (Å²) in [7, 11) is 0. The summed E-state index contributed by atoms with van der Waals surface area (Å²) in [6.45, 7) is 4.79.